The van der Waals surface area contributed by atoms with Crippen molar-refractivity contribution in [2.45, 2.75) is 26.7 Å². The van der Waals surface area contributed by atoms with Crippen molar-refractivity contribution in [1.29, 1.82) is 5.26 Å². The summed E-state index contributed by atoms with van der Waals surface area (Å²) in [5, 5.41) is 9.09. The van der Waals surface area contributed by atoms with Gasteiger partial charge in [0.1, 0.15) is 5.75 Å². The number of methoxy groups -OCH3 is 1. The Labute approximate surface area is 120 Å². The molecule has 0 saturated heterocycles. The maximum absolute atomic E-state index is 9.09. The third kappa shape index (κ3) is 3.19. The molecule has 0 unspecified atom stereocenters. The Kier molecular flexibility index (Phi) is 4.42. The Hall–Kier alpha value is -2.27. The van der Waals surface area contributed by atoms with E-state index < -0.39 is 0 Å². The fourth-order valence-corrected chi connectivity index (χ4v) is 2.45. The monoisotopic (exact) mass is 265 g/mol. The summed E-state index contributed by atoms with van der Waals surface area (Å²) in [6.45, 7) is 4.00. The van der Waals surface area contributed by atoms with E-state index in [0.29, 0.717) is 0 Å². The Bertz CT molecular complexity index is 612. The molecule has 0 saturated carbocycles. The number of aryl methyl sites for hydroxylation is 4. The van der Waals surface area contributed by atoms with Crippen LogP contribution in [0.4, 0.5) is 0 Å². The molecule has 2 nitrogen and oxygen atoms in total. The van der Waals surface area contributed by atoms with Gasteiger partial charge in [0.2, 0.25) is 0 Å². The quantitative estimate of drug-likeness (QED) is 0.838. The van der Waals surface area contributed by atoms with Gasteiger partial charge in [0.25, 0.3) is 0 Å². The van der Waals surface area contributed by atoms with E-state index in [-0.39, 0.29) is 0 Å². The average molecular weight is 265 g/mol. The van der Waals surface area contributed by atoms with Crippen molar-refractivity contribution < 1.29 is 4.74 Å². The van der Waals surface area contributed by atoms with Crippen LogP contribution in [-0.2, 0) is 12.8 Å². The van der Waals surface area contributed by atoms with Crippen LogP contribution in [-0.4, -0.2) is 7.11 Å². The number of hydrogen-bond donors (Lipinski definition) is 0. The van der Waals surface area contributed by atoms with Crippen molar-refractivity contribution in [3.63, 3.8) is 0 Å². The van der Waals surface area contributed by atoms with Crippen LogP contribution in [0.15, 0.2) is 36.4 Å². The topological polar surface area (TPSA) is 33.0 Å². The van der Waals surface area contributed by atoms with Crippen LogP contribution in [0.1, 0.15) is 27.8 Å². The van der Waals surface area contributed by atoms with E-state index >= 15 is 0 Å². The van der Waals surface area contributed by atoms with Gasteiger partial charge in [-0.1, -0.05) is 24.3 Å². The number of rotatable bonds is 4. The van der Waals surface area contributed by atoms with E-state index in [4.69, 9.17) is 10.00 Å². The number of benzene rings is 2. The van der Waals surface area contributed by atoms with Gasteiger partial charge < -0.3 is 4.74 Å². The zero-order chi connectivity index (χ0) is 14.5. The van der Waals surface area contributed by atoms with Crippen molar-refractivity contribution in [1.82, 2.24) is 0 Å². The zero-order valence-corrected chi connectivity index (χ0v) is 12.2. The number of ether oxygens (including phenoxy) is 1. The van der Waals surface area contributed by atoms with Crippen LogP contribution in [0.25, 0.3) is 0 Å². The average Bonchev–Trinajstić information content (AvgIpc) is 2.45. The van der Waals surface area contributed by atoms with Crippen molar-refractivity contribution >= 4 is 0 Å². The molecule has 0 fully saturated rings. The summed E-state index contributed by atoms with van der Waals surface area (Å²) in [5.41, 5.74) is 5.52. The summed E-state index contributed by atoms with van der Waals surface area (Å²) in [4.78, 5) is 0. The molecule has 0 atom stereocenters. The molecule has 0 amide bonds. The van der Waals surface area contributed by atoms with E-state index in [1.54, 1.807) is 7.11 Å². The summed E-state index contributed by atoms with van der Waals surface area (Å²) in [7, 11) is 1.68. The summed E-state index contributed by atoms with van der Waals surface area (Å²) < 4.78 is 5.16. The predicted molar refractivity (Wildman–Crippen MR) is 81.0 cm³/mol. The number of nitrogens with zero attached hydrogens (tertiary/aromatic N) is 1. The SMILES string of the molecule is COc1ccc(CCc2cc(C)c(C#N)c(C)c2)cc1. The van der Waals surface area contributed by atoms with E-state index in [1.807, 2.05) is 26.0 Å². The Morgan fingerprint density at radius 1 is 0.950 bits per heavy atom. The second-order valence-electron chi connectivity index (χ2n) is 5.06. The van der Waals surface area contributed by atoms with Gasteiger partial charge in [-0.2, -0.15) is 5.26 Å². The molecule has 0 heterocycles. The Morgan fingerprint density at radius 2 is 1.50 bits per heavy atom. The molecule has 0 bridgehead atoms. The lowest BCUT2D eigenvalue weighted by Gasteiger charge is -2.08. The Balaban J connectivity index is 2.09. The standard InChI is InChI=1S/C18H19NO/c1-13-10-16(11-14(2)18(13)12-19)5-4-15-6-8-17(20-3)9-7-15/h6-11H,4-5H2,1-3H3. The molecule has 0 aromatic heterocycles. The summed E-state index contributed by atoms with van der Waals surface area (Å²) >= 11 is 0. The van der Waals surface area contributed by atoms with Crippen LogP contribution in [0.5, 0.6) is 5.75 Å². The van der Waals surface area contributed by atoms with Gasteiger partial charge in [-0.15, -0.1) is 0 Å². The maximum Gasteiger partial charge on any atom is 0.118 e. The predicted octanol–water partition coefficient (Wildman–Crippen LogP) is 3.97. The Morgan fingerprint density at radius 3 is 2.00 bits per heavy atom. The minimum absolute atomic E-state index is 0.804. The van der Waals surface area contributed by atoms with Crippen molar-refractivity contribution in [3.8, 4) is 11.8 Å². The van der Waals surface area contributed by atoms with E-state index in [9.17, 15) is 0 Å². The first-order valence-electron chi connectivity index (χ1n) is 6.77. The molecule has 0 aliphatic heterocycles. The lowest BCUT2D eigenvalue weighted by Crippen LogP contribution is -1.96. The minimum atomic E-state index is 0.804. The van der Waals surface area contributed by atoms with Gasteiger partial charge in [-0.25, -0.2) is 0 Å². The number of nitriles is 1. The van der Waals surface area contributed by atoms with Crippen molar-refractivity contribution in [2.75, 3.05) is 7.11 Å². The molecule has 0 aliphatic rings. The number of hydrogen-bond acceptors (Lipinski definition) is 2. The first-order valence-corrected chi connectivity index (χ1v) is 6.77. The highest BCUT2D eigenvalue weighted by Crippen LogP contribution is 2.18. The van der Waals surface area contributed by atoms with Crippen molar-refractivity contribution in [2.24, 2.45) is 0 Å². The molecule has 2 heteroatoms. The molecule has 0 spiro atoms. The molecule has 102 valence electrons. The lowest BCUT2D eigenvalue weighted by atomic mass is 9.96. The molecule has 20 heavy (non-hydrogen) atoms. The van der Waals surface area contributed by atoms with Gasteiger partial charge in [-0.05, 0) is 61.1 Å². The van der Waals surface area contributed by atoms with Crippen LogP contribution in [0.2, 0.25) is 0 Å². The second kappa shape index (κ2) is 6.25. The van der Waals surface area contributed by atoms with Crippen LogP contribution in [0, 0.1) is 25.2 Å². The third-order valence-electron chi connectivity index (χ3n) is 3.57. The highest BCUT2D eigenvalue weighted by atomic mass is 16.5. The normalized spacial score (nSPS) is 10.1. The zero-order valence-electron chi connectivity index (χ0n) is 12.2. The summed E-state index contributed by atoms with van der Waals surface area (Å²) in [5.74, 6) is 0.888. The van der Waals surface area contributed by atoms with Gasteiger partial charge in [0.05, 0.1) is 18.7 Å². The molecule has 2 aromatic rings. The molecule has 2 aromatic carbocycles. The van der Waals surface area contributed by atoms with Crippen LogP contribution >= 0.6 is 0 Å². The maximum atomic E-state index is 9.09. The molecule has 0 aliphatic carbocycles. The van der Waals surface area contributed by atoms with E-state index in [0.717, 1.165) is 35.3 Å². The fourth-order valence-electron chi connectivity index (χ4n) is 2.45. The van der Waals surface area contributed by atoms with E-state index in [1.165, 1.54) is 11.1 Å². The summed E-state index contributed by atoms with van der Waals surface area (Å²) in [6.07, 6.45) is 1.98. The molecular formula is C18H19NO. The van der Waals surface area contributed by atoms with Gasteiger partial charge >= 0.3 is 0 Å². The van der Waals surface area contributed by atoms with Crippen LogP contribution < -0.4 is 4.74 Å². The lowest BCUT2D eigenvalue weighted by molar-refractivity contribution is 0.414. The van der Waals surface area contributed by atoms with Gasteiger partial charge in [0.15, 0.2) is 0 Å². The second-order valence-corrected chi connectivity index (χ2v) is 5.06. The smallest absolute Gasteiger partial charge is 0.118 e. The first kappa shape index (κ1) is 14.1. The molecular weight excluding hydrogens is 246 g/mol. The first-order chi connectivity index (χ1) is 9.63. The molecule has 2 rings (SSSR count). The minimum Gasteiger partial charge on any atom is -0.497 e. The highest BCUT2D eigenvalue weighted by molar-refractivity contribution is 5.45. The van der Waals surface area contributed by atoms with E-state index in [2.05, 4.69) is 30.3 Å². The fraction of sp³-hybridized carbons (Fsp3) is 0.278. The molecule has 0 radical (unpaired) electrons. The van der Waals surface area contributed by atoms with Gasteiger partial charge in [0, 0.05) is 0 Å². The highest BCUT2D eigenvalue weighted by Gasteiger charge is 2.05. The summed E-state index contributed by atoms with van der Waals surface area (Å²) in [6, 6.07) is 14.7. The van der Waals surface area contributed by atoms with Crippen molar-refractivity contribution in [3.05, 3.63) is 64.2 Å². The van der Waals surface area contributed by atoms with Crippen LogP contribution in [0.3, 0.4) is 0 Å². The largest absolute Gasteiger partial charge is 0.497 e. The third-order valence-corrected chi connectivity index (χ3v) is 3.57. The molecule has 0 N–H and O–H groups in total. The van der Waals surface area contributed by atoms with Gasteiger partial charge in [-0.3, -0.25) is 0 Å².